The van der Waals surface area contributed by atoms with Crippen LogP contribution >= 0.6 is 0 Å². The molecule has 1 fully saturated rings. The maximum Gasteiger partial charge on any atom is 0.118 e. The molecule has 1 unspecified atom stereocenters. The van der Waals surface area contributed by atoms with E-state index in [-0.39, 0.29) is 0 Å². The maximum atomic E-state index is 8.92. The molecule has 1 aromatic carbocycles. The normalized spacial score (nSPS) is 19.7. The van der Waals surface area contributed by atoms with Gasteiger partial charge in [-0.25, -0.2) is 0 Å². The minimum absolute atomic E-state index is 0.368. The molecule has 0 aliphatic carbocycles. The highest BCUT2D eigenvalue weighted by atomic mass is 16.5. The lowest BCUT2D eigenvalue weighted by Gasteiger charge is -2.20. The van der Waals surface area contributed by atoms with E-state index < -0.39 is 0 Å². The van der Waals surface area contributed by atoms with Crippen LogP contribution in [0.2, 0.25) is 0 Å². The minimum Gasteiger partial charge on any atom is -0.508 e. The number of para-hydroxylation sites is 1. The van der Waals surface area contributed by atoms with E-state index >= 15 is 0 Å². The Kier molecular flexibility index (Phi) is 3.77. The van der Waals surface area contributed by atoms with E-state index in [1.54, 1.807) is 6.07 Å². The largest absolute Gasteiger partial charge is 0.508 e. The van der Waals surface area contributed by atoms with Gasteiger partial charge in [0.2, 0.25) is 0 Å². The van der Waals surface area contributed by atoms with Crippen molar-refractivity contribution in [3.05, 3.63) is 29.8 Å². The molecule has 1 N–H and O–H groups in total. The predicted octanol–water partition coefficient (Wildman–Crippen LogP) is 2.50. The highest BCUT2D eigenvalue weighted by Gasteiger charge is 2.09. The summed E-state index contributed by atoms with van der Waals surface area (Å²) in [4.78, 5) is 0. The van der Waals surface area contributed by atoms with E-state index in [1.165, 1.54) is 6.42 Å². The molecule has 0 amide bonds. The van der Waals surface area contributed by atoms with E-state index in [4.69, 9.17) is 9.84 Å². The van der Waals surface area contributed by atoms with Gasteiger partial charge in [-0.2, -0.15) is 0 Å². The van der Waals surface area contributed by atoms with Crippen molar-refractivity contribution in [2.45, 2.75) is 26.4 Å². The first kappa shape index (κ1) is 10.1. The molecule has 0 aromatic heterocycles. The van der Waals surface area contributed by atoms with E-state index in [1.807, 2.05) is 25.1 Å². The Hall–Kier alpha value is -1.02. The predicted molar refractivity (Wildman–Crippen MR) is 52.9 cm³/mol. The molecule has 72 valence electrons. The molecule has 1 aromatic rings. The number of hydrogen-bond donors (Lipinski definition) is 1. The number of phenols is 1. The average Bonchev–Trinajstić information content (AvgIpc) is 2.08. The summed E-state index contributed by atoms with van der Waals surface area (Å²) >= 11 is 0. The molecule has 0 bridgehead atoms. The highest BCUT2D eigenvalue weighted by molar-refractivity contribution is 5.29. The van der Waals surface area contributed by atoms with Crippen LogP contribution < -0.4 is 0 Å². The molecule has 1 aliphatic heterocycles. The van der Waals surface area contributed by atoms with Crippen molar-refractivity contribution in [3.63, 3.8) is 0 Å². The van der Waals surface area contributed by atoms with Crippen LogP contribution in [0.4, 0.5) is 0 Å². The first-order valence-corrected chi connectivity index (χ1v) is 4.56. The van der Waals surface area contributed by atoms with Crippen LogP contribution in [0.3, 0.4) is 0 Å². The molecule has 1 aliphatic rings. The van der Waals surface area contributed by atoms with Crippen LogP contribution in [-0.2, 0) is 4.74 Å². The van der Waals surface area contributed by atoms with Gasteiger partial charge in [0.1, 0.15) is 5.75 Å². The molecule has 1 atom stereocenters. The van der Waals surface area contributed by atoms with Crippen LogP contribution in [0.25, 0.3) is 0 Å². The molecule has 0 saturated carbocycles. The fourth-order valence-electron chi connectivity index (χ4n) is 0.917. The van der Waals surface area contributed by atoms with Gasteiger partial charge < -0.3 is 9.84 Å². The zero-order chi connectivity index (χ0) is 9.68. The number of aryl methyl sites for hydroxylation is 1. The Morgan fingerprint density at radius 2 is 1.92 bits per heavy atom. The Labute approximate surface area is 79.2 Å². The zero-order valence-corrected chi connectivity index (χ0v) is 8.16. The summed E-state index contributed by atoms with van der Waals surface area (Å²) in [5.74, 6) is 0.368. The molecule has 2 rings (SSSR count). The second kappa shape index (κ2) is 4.87. The van der Waals surface area contributed by atoms with Gasteiger partial charge in [-0.05, 0) is 31.9 Å². The summed E-state index contributed by atoms with van der Waals surface area (Å²) in [6.45, 7) is 4.94. The standard InChI is InChI=1S/C7H8O.C4H8O/c1-6-4-2-3-5-7(6)8;1-4-2-3-5-4/h2-5,8H,1H3;4H,2-3H2,1H3. The van der Waals surface area contributed by atoms with Crippen molar-refractivity contribution < 1.29 is 9.84 Å². The van der Waals surface area contributed by atoms with Gasteiger partial charge in [0.05, 0.1) is 6.10 Å². The minimum atomic E-state index is 0.368. The third kappa shape index (κ3) is 3.47. The number of rotatable bonds is 0. The third-order valence-corrected chi connectivity index (χ3v) is 2.04. The van der Waals surface area contributed by atoms with Crippen molar-refractivity contribution >= 4 is 0 Å². The Morgan fingerprint density at radius 3 is 2.15 bits per heavy atom. The lowest BCUT2D eigenvalue weighted by atomic mass is 10.2. The van der Waals surface area contributed by atoms with Gasteiger partial charge in [0.25, 0.3) is 0 Å². The van der Waals surface area contributed by atoms with Gasteiger partial charge in [0.15, 0.2) is 0 Å². The maximum absolute atomic E-state index is 8.92. The van der Waals surface area contributed by atoms with Crippen molar-refractivity contribution in [2.75, 3.05) is 6.61 Å². The molecule has 2 heteroatoms. The zero-order valence-electron chi connectivity index (χ0n) is 8.16. The summed E-state index contributed by atoms with van der Waals surface area (Å²) in [7, 11) is 0. The number of benzene rings is 1. The Morgan fingerprint density at radius 1 is 1.38 bits per heavy atom. The van der Waals surface area contributed by atoms with Crippen molar-refractivity contribution in [3.8, 4) is 5.75 Å². The van der Waals surface area contributed by atoms with E-state index in [9.17, 15) is 0 Å². The smallest absolute Gasteiger partial charge is 0.118 e. The number of phenolic OH excluding ortho intramolecular Hbond substituents is 1. The fourth-order valence-corrected chi connectivity index (χ4v) is 0.917. The van der Waals surface area contributed by atoms with E-state index in [0.29, 0.717) is 11.9 Å². The summed E-state index contributed by atoms with van der Waals surface area (Å²) in [5, 5.41) is 8.92. The van der Waals surface area contributed by atoms with Gasteiger partial charge in [-0.1, -0.05) is 18.2 Å². The van der Waals surface area contributed by atoms with Crippen LogP contribution in [0.5, 0.6) is 5.75 Å². The molecule has 1 heterocycles. The Balaban J connectivity index is 0.000000145. The first-order valence-electron chi connectivity index (χ1n) is 4.56. The first-order chi connectivity index (χ1) is 6.20. The SMILES string of the molecule is CC1CCO1.Cc1ccccc1O. The molecule has 13 heavy (non-hydrogen) atoms. The van der Waals surface area contributed by atoms with Gasteiger partial charge in [-0.3, -0.25) is 0 Å². The monoisotopic (exact) mass is 180 g/mol. The lowest BCUT2D eigenvalue weighted by molar-refractivity contribution is -0.0375. The molecular weight excluding hydrogens is 164 g/mol. The number of hydrogen-bond acceptors (Lipinski definition) is 2. The second-order valence-corrected chi connectivity index (χ2v) is 3.26. The fraction of sp³-hybridized carbons (Fsp3) is 0.455. The van der Waals surface area contributed by atoms with Crippen LogP contribution in [-0.4, -0.2) is 17.8 Å². The topological polar surface area (TPSA) is 29.5 Å². The van der Waals surface area contributed by atoms with Crippen LogP contribution in [0, 0.1) is 6.92 Å². The van der Waals surface area contributed by atoms with Crippen molar-refractivity contribution in [2.24, 2.45) is 0 Å². The quantitative estimate of drug-likeness (QED) is 0.664. The summed E-state index contributed by atoms with van der Waals surface area (Å²) < 4.78 is 4.93. The average molecular weight is 180 g/mol. The lowest BCUT2D eigenvalue weighted by Crippen LogP contribution is -2.22. The molecule has 0 radical (unpaired) electrons. The Bertz CT molecular complexity index is 233. The molecule has 2 nitrogen and oxygen atoms in total. The summed E-state index contributed by atoms with van der Waals surface area (Å²) in [6, 6.07) is 7.25. The highest BCUT2D eigenvalue weighted by Crippen LogP contribution is 2.12. The molecule has 0 spiro atoms. The van der Waals surface area contributed by atoms with Gasteiger partial charge >= 0.3 is 0 Å². The third-order valence-electron chi connectivity index (χ3n) is 2.04. The van der Waals surface area contributed by atoms with Gasteiger partial charge in [-0.15, -0.1) is 0 Å². The van der Waals surface area contributed by atoms with Gasteiger partial charge in [0, 0.05) is 6.61 Å². The van der Waals surface area contributed by atoms with E-state index in [2.05, 4.69) is 6.92 Å². The van der Waals surface area contributed by atoms with Crippen molar-refractivity contribution in [1.82, 2.24) is 0 Å². The summed E-state index contributed by atoms with van der Waals surface area (Å²) in [6.07, 6.45) is 1.83. The second-order valence-electron chi connectivity index (χ2n) is 3.26. The summed E-state index contributed by atoms with van der Waals surface area (Å²) in [5.41, 5.74) is 0.924. The van der Waals surface area contributed by atoms with Crippen molar-refractivity contribution in [1.29, 1.82) is 0 Å². The molecular formula is C11H16O2. The number of ether oxygens (including phenoxy) is 1. The van der Waals surface area contributed by atoms with Crippen LogP contribution in [0.1, 0.15) is 18.9 Å². The van der Waals surface area contributed by atoms with Crippen LogP contribution in [0.15, 0.2) is 24.3 Å². The van der Waals surface area contributed by atoms with E-state index in [0.717, 1.165) is 12.2 Å². The number of aromatic hydroxyl groups is 1. The molecule has 1 saturated heterocycles.